The average Bonchev–Trinajstić information content (AvgIpc) is 3.63. The zero-order valence-corrected chi connectivity index (χ0v) is 25.0. The van der Waals surface area contributed by atoms with E-state index < -0.39 is 36.3 Å². The van der Waals surface area contributed by atoms with E-state index in [4.69, 9.17) is 18.9 Å². The first-order chi connectivity index (χ1) is 22.0. The fourth-order valence-electron chi connectivity index (χ4n) is 4.90. The quantitative estimate of drug-likeness (QED) is 0.161. The third kappa shape index (κ3) is 8.06. The Bertz CT molecular complexity index is 1630. The second-order valence-corrected chi connectivity index (χ2v) is 10.1. The number of carbonyl (C=O) groups is 2. The molecule has 2 N–H and O–H groups in total. The number of fused-ring (bicyclic) bond motifs is 1. The summed E-state index contributed by atoms with van der Waals surface area (Å²) in [6.45, 7) is 4.60. The van der Waals surface area contributed by atoms with Crippen molar-refractivity contribution in [2.24, 2.45) is 0 Å². The van der Waals surface area contributed by atoms with Crippen LogP contribution >= 0.6 is 0 Å². The lowest BCUT2D eigenvalue weighted by Gasteiger charge is -2.18. The topological polar surface area (TPSA) is 139 Å². The lowest BCUT2D eigenvalue weighted by atomic mass is 10.1. The number of carbonyl (C=O) groups excluding carboxylic acids is 2. The van der Waals surface area contributed by atoms with E-state index in [2.05, 4.69) is 25.6 Å². The molecule has 45 heavy (non-hydrogen) atoms. The van der Waals surface area contributed by atoms with Crippen LogP contribution in [0.5, 0.6) is 0 Å². The normalized spacial score (nSPS) is 18.0. The number of hydrogen-bond donors (Lipinski definition) is 2. The first-order valence-corrected chi connectivity index (χ1v) is 14.7. The largest absolute Gasteiger partial charge is 0.462 e. The van der Waals surface area contributed by atoms with Crippen LogP contribution < -0.4 is 10.6 Å². The molecule has 3 atom stereocenters. The monoisotopic (exact) mass is 618 g/mol. The number of hydrogen-bond acceptors (Lipinski definition) is 9. The molecule has 1 aliphatic heterocycles. The fraction of sp³-hybridized carbons (Fsp3) is 0.344. The van der Waals surface area contributed by atoms with Crippen LogP contribution in [0.25, 0.3) is 17.2 Å². The minimum absolute atomic E-state index is 0.110. The van der Waals surface area contributed by atoms with Crippen LogP contribution in [0.4, 0.5) is 15.0 Å². The maximum atomic E-state index is 14.6. The number of urea groups is 1. The van der Waals surface area contributed by atoms with Gasteiger partial charge in [-0.25, -0.2) is 28.9 Å². The second-order valence-electron chi connectivity index (χ2n) is 10.1. The molecule has 0 spiro atoms. The Morgan fingerprint density at radius 3 is 2.67 bits per heavy atom. The number of halogens is 1. The summed E-state index contributed by atoms with van der Waals surface area (Å²) in [6, 6.07) is 13.7. The van der Waals surface area contributed by atoms with Gasteiger partial charge >= 0.3 is 12.0 Å². The number of nitrogens with zero attached hydrogens (tertiary/aromatic N) is 4. The summed E-state index contributed by atoms with van der Waals surface area (Å²) in [7, 11) is 0. The summed E-state index contributed by atoms with van der Waals surface area (Å²) in [5, 5.41) is 5.36. The minimum atomic E-state index is -0.624. The molecule has 5 rings (SSSR count). The number of imidazole rings is 1. The van der Waals surface area contributed by atoms with E-state index in [0.29, 0.717) is 30.7 Å². The number of aromatic nitrogens is 4. The molecule has 3 heterocycles. The SMILES string of the molecule is CCNC(=O)Nc1ncnc2c1ncn2CC1O[C@@H](/C=C/c2ccccc2)OC1CCOCc1c(F)cccc1C(=O)OCC. The highest BCUT2D eigenvalue weighted by atomic mass is 19.1. The summed E-state index contributed by atoms with van der Waals surface area (Å²) < 4.78 is 39.9. The summed E-state index contributed by atoms with van der Waals surface area (Å²) in [5.74, 6) is -0.853. The number of anilines is 1. The first kappa shape index (κ1) is 31.7. The Labute approximate surface area is 259 Å². The van der Waals surface area contributed by atoms with Crippen molar-refractivity contribution in [1.29, 1.82) is 0 Å². The first-order valence-electron chi connectivity index (χ1n) is 14.7. The molecule has 2 aromatic heterocycles. The van der Waals surface area contributed by atoms with Gasteiger partial charge in [0.25, 0.3) is 0 Å². The zero-order valence-electron chi connectivity index (χ0n) is 25.0. The van der Waals surface area contributed by atoms with Crippen LogP contribution in [0, 0.1) is 5.82 Å². The van der Waals surface area contributed by atoms with Gasteiger partial charge in [0, 0.05) is 18.7 Å². The van der Waals surface area contributed by atoms with Crippen LogP contribution in [-0.4, -0.2) is 69.8 Å². The van der Waals surface area contributed by atoms with Gasteiger partial charge < -0.3 is 28.8 Å². The molecule has 2 amide bonds. The Balaban J connectivity index is 1.29. The molecule has 0 aliphatic carbocycles. The van der Waals surface area contributed by atoms with E-state index in [-0.39, 0.29) is 36.8 Å². The van der Waals surface area contributed by atoms with Gasteiger partial charge in [-0.3, -0.25) is 5.32 Å². The van der Waals surface area contributed by atoms with Crippen molar-refractivity contribution in [3.05, 3.63) is 89.8 Å². The molecule has 236 valence electrons. The van der Waals surface area contributed by atoms with Crippen molar-refractivity contribution in [3.8, 4) is 0 Å². The van der Waals surface area contributed by atoms with Crippen molar-refractivity contribution in [3.63, 3.8) is 0 Å². The Morgan fingerprint density at radius 1 is 1.04 bits per heavy atom. The highest BCUT2D eigenvalue weighted by Crippen LogP contribution is 2.27. The van der Waals surface area contributed by atoms with Crippen LogP contribution in [-0.2, 0) is 32.1 Å². The smallest absolute Gasteiger partial charge is 0.338 e. The van der Waals surface area contributed by atoms with E-state index in [0.717, 1.165) is 5.56 Å². The molecule has 2 aromatic carbocycles. The van der Waals surface area contributed by atoms with E-state index in [1.54, 1.807) is 13.3 Å². The molecule has 1 aliphatic rings. The van der Waals surface area contributed by atoms with Crippen molar-refractivity contribution in [1.82, 2.24) is 24.8 Å². The molecule has 0 saturated carbocycles. The van der Waals surface area contributed by atoms with Crippen molar-refractivity contribution < 1.29 is 32.9 Å². The number of ether oxygens (including phenoxy) is 4. The third-order valence-corrected chi connectivity index (χ3v) is 7.03. The highest BCUT2D eigenvalue weighted by molar-refractivity contribution is 5.95. The van der Waals surface area contributed by atoms with Gasteiger partial charge in [-0.15, -0.1) is 0 Å². The van der Waals surface area contributed by atoms with E-state index >= 15 is 0 Å². The van der Waals surface area contributed by atoms with Gasteiger partial charge in [-0.1, -0.05) is 42.5 Å². The molecule has 2 unspecified atom stereocenters. The van der Waals surface area contributed by atoms with Crippen molar-refractivity contribution in [2.75, 3.05) is 25.1 Å². The highest BCUT2D eigenvalue weighted by Gasteiger charge is 2.35. The predicted molar refractivity (Wildman–Crippen MR) is 164 cm³/mol. The van der Waals surface area contributed by atoms with Gasteiger partial charge in [0.2, 0.25) is 0 Å². The molecule has 13 heteroatoms. The van der Waals surface area contributed by atoms with Crippen molar-refractivity contribution in [2.45, 2.75) is 51.9 Å². The standard InChI is InChI=1S/C32H35FN6O6/c1-3-34-32(41)38-29-28-30(36-19-35-29)39(20-37-28)17-26-25(44-27(45-26)14-13-21-9-6-5-7-10-21)15-16-42-18-23-22(31(40)43-4-2)11-8-12-24(23)33/h5-14,19-20,25-27H,3-4,15-18H2,1-2H3,(H2,34,35,36,38,41)/b14-13+/t25?,26?,27-/m0/s1. The Kier molecular flexibility index (Phi) is 10.8. The van der Waals surface area contributed by atoms with Gasteiger partial charge in [-0.2, -0.15) is 0 Å². The summed E-state index contributed by atoms with van der Waals surface area (Å²) >= 11 is 0. The number of amides is 2. The summed E-state index contributed by atoms with van der Waals surface area (Å²) in [5.41, 5.74) is 2.23. The second kappa shape index (κ2) is 15.3. The Hall–Kier alpha value is -4.72. The van der Waals surface area contributed by atoms with Crippen LogP contribution in [0.2, 0.25) is 0 Å². The van der Waals surface area contributed by atoms with Gasteiger partial charge in [0.15, 0.2) is 23.3 Å². The lowest BCUT2D eigenvalue weighted by molar-refractivity contribution is -0.0329. The molecule has 1 fully saturated rings. The molecule has 0 bridgehead atoms. The summed E-state index contributed by atoms with van der Waals surface area (Å²) in [4.78, 5) is 37.4. The minimum Gasteiger partial charge on any atom is -0.462 e. The van der Waals surface area contributed by atoms with E-state index in [1.807, 2.05) is 54.0 Å². The maximum Gasteiger partial charge on any atom is 0.338 e. The number of esters is 1. The predicted octanol–water partition coefficient (Wildman–Crippen LogP) is 4.71. The van der Waals surface area contributed by atoms with E-state index in [1.165, 1.54) is 24.5 Å². The van der Waals surface area contributed by atoms with Crippen LogP contribution in [0.3, 0.4) is 0 Å². The van der Waals surface area contributed by atoms with Crippen molar-refractivity contribution >= 4 is 35.1 Å². The lowest BCUT2D eigenvalue weighted by Crippen LogP contribution is -2.29. The number of benzene rings is 2. The average molecular weight is 619 g/mol. The van der Waals surface area contributed by atoms with Crippen LogP contribution in [0.15, 0.2) is 67.3 Å². The van der Waals surface area contributed by atoms with Crippen LogP contribution in [0.1, 0.15) is 41.8 Å². The molecular weight excluding hydrogens is 583 g/mol. The number of nitrogens with one attached hydrogen (secondary N) is 2. The third-order valence-electron chi connectivity index (χ3n) is 7.03. The summed E-state index contributed by atoms with van der Waals surface area (Å²) in [6.07, 6.45) is 5.73. The van der Waals surface area contributed by atoms with Gasteiger partial charge in [0.1, 0.15) is 18.2 Å². The Morgan fingerprint density at radius 2 is 1.87 bits per heavy atom. The van der Waals surface area contributed by atoms with E-state index in [9.17, 15) is 14.0 Å². The van der Waals surface area contributed by atoms with Gasteiger partial charge in [0.05, 0.1) is 37.8 Å². The molecule has 1 saturated heterocycles. The van der Waals surface area contributed by atoms with Gasteiger partial charge in [-0.05, 0) is 44.0 Å². The molecule has 4 aromatic rings. The molecular formula is C32H35FN6O6. The fourth-order valence-corrected chi connectivity index (χ4v) is 4.90. The molecule has 12 nitrogen and oxygen atoms in total. The number of rotatable bonds is 13. The molecule has 0 radical (unpaired) electrons. The maximum absolute atomic E-state index is 14.6. The zero-order chi connectivity index (χ0) is 31.6.